The predicted octanol–water partition coefficient (Wildman–Crippen LogP) is 4.62. The van der Waals surface area contributed by atoms with Crippen LogP contribution >= 0.6 is 11.6 Å². The van der Waals surface area contributed by atoms with Gasteiger partial charge in [0.15, 0.2) is 0 Å². The molecular weight excluding hydrogens is 456 g/mol. The number of methoxy groups -OCH3 is 1. The molecule has 4 aromatic rings. The van der Waals surface area contributed by atoms with Crippen LogP contribution in [0.3, 0.4) is 0 Å². The first kappa shape index (κ1) is 23.1. The van der Waals surface area contributed by atoms with Crippen molar-refractivity contribution in [3.8, 4) is 5.75 Å². The highest BCUT2D eigenvalue weighted by atomic mass is 35.5. The Morgan fingerprint density at radius 2 is 1.71 bits per heavy atom. The standard InChI is InChI=1S/C26H21ClN2O5/c1-14-22(23(26(32)33)18-5-3-4-6-19(18)24(28)30)20-13-17(34-2)11-12-21(20)29(14)25(31)15-7-9-16(27)10-8-15/h3-13,23H,1-2H3,(H2,28,30)(H,32,33). The number of carbonyl (C=O) groups is 3. The maximum Gasteiger partial charge on any atom is 0.315 e. The van der Waals surface area contributed by atoms with Gasteiger partial charge in [-0.2, -0.15) is 0 Å². The summed E-state index contributed by atoms with van der Waals surface area (Å²) in [5, 5.41) is 11.3. The Morgan fingerprint density at radius 1 is 1.03 bits per heavy atom. The van der Waals surface area contributed by atoms with Crippen molar-refractivity contribution in [2.75, 3.05) is 7.11 Å². The minimum Gasteiger partial charge on any atom is -0.497 e. The summed E-state index contributed by atoms with van der Waals surface area (Å²) in [6, 6.07) is 17.8. The highest BCUT2D eigenvalue weighted by Gasteiger charge is 2.33. The van der Waals surface area contributed by atoms with Gasteiger partial charge in [0.1, 0.15) is 11.7 Å². The number of carbonyl (C=O) groups excluding carboxylic acids is 2. The maximum atomic E-state index is 13.5. The number of nitrogens with two attached hydrogens (primary N) is 1. The van der Waals surface area contributed by atoms with Crippen LogP contribution in [0.1, 0.15) is 43.5 Å². The van der Waals surface area contributed by atoms with Gasteiger partial charge in [-0.25, -0.2) is 0 Å². The van der Waals surface area contributed by atoms with Gasteiger partial charge in [0, 0.05) is 27.2 Å². The van der Waals surface area contributed by atoms with Crippen molar-refractivity contribution in [2.24, 2.45) is 5.73 Å². The molecule has 0 aliphatic rings. The lowest BCUT2D eigenvalue weighted by atomic mass is 9.86. The lowest BCUT2D eigenvalue weighted by Crippen LogP contribution is -2.21. The molecule has 0 bridgehead atoms. The Morgan fingerprint density at radius 3 is 2.32 bits per heavy atom. The molecule has 0 fully saturated rings. The van der Waals surface area contributed by atoms with Gasteiger partial charge in [0.25, 0.3) is 5.91 Å². The first-order valence-corrected chi connectivity index (χ1v) is 10.7. The Hall–Kier alpha value is -4.10. The number of aromatic nitrogens is 1. The zero-order chi connectivity index (χ0) is 24.6. The average molecular weight is 477 g/mol. The quantitative estimate of drug-likeness (QED) is 0.422. The third kappa shape index (κ3) is 3.91. The Labute approximate surface area is 200 Å². The highest BCUT2D eigenvalue weighted by molar-refractivity contribution is 6.30. The van der Waals surface area contributed by atoms with Gasteiger partial charge < -0.3 is 15.6 Å². The Bertz CT molecular complexity index is 1440. The molecule has 0 aliphatic heterocycles. The predicted molar refractivity (Wildman–Crippen MR) is 129 cm³/mol. The molecule has 3 aromatic carbocycles. The van der Waals surface area contributed by atoms with Crippen LogP contribution in [-0.2, 0) is 4.79 Å². The van der Waals surface area contributed by atoms with E-state index in [1.54, 1.807) is 67.6 Å². The van der Waals surface area contributed by atoms with E-state index in [-0.39, 0.29) is 17.0 Å². The van der Waals surface area contributed by atoms with Crippen molar-refractivity contribution in [1.82, 2.24) is 4.57 Å². The summed E-state index contributed by atoms with van der Waals surface area (Å²) in [5.74, 6) is -3.02. The van der Waals surface area contributed by atoms with E-state index in [0.717, 1.165) is 0 Å². The average Bonchev–Trinajstić information content (AvgIpc) is 3.10. The molecule has 0 saturated carbocycles. The van der Waals surface area contributed by atoms with Crippen molar-refractivity contribution in [3.63, 3.8) is 0 Å². The molecule has 1 amide bonds. The second-order valence-electron chi connectivity index (χ2n) is 7.75. The summed E-state index contributed by atoms with van der Waals surface area (Å²) in [6.07, 6.45) is 0. The summed E-state index contributed by atoms with van der Waals surface area (Å²) in [7, 11) is 1.50. The molecular formula is C26H21ClN2O5. The van der Waals surface area contributed by atoms with Crippen LogP contribution in [0, 0.1) is 6.92 Å². The van der Waals surface area contributed by atoms with Gasteiger partial charge in [-0.3, -0.25) is 19.0 Å². The Balaban J connectivity index is 2.05. The van der Waals surface area contributed by atoms with Crippen molar-refractivity contribution in [2.45, 2.75) is 12.8 Å². The summed E-state index contributed by atoms with van der Waals surface area (Å²) in [5.41, 5.74) is 7.58. The molecule has 7 nitrogen and oxygen atoms in total. The number of halogens is 1. The van der Waals surface area contributed by atoms with Gasteiger partial charge in [-0.1, -0.05) is 29.8 Å². The van der Waals surface area contributed by atoms with Crippen LogP contribution in [0.5, 0.6) is 5.75 Å². The Kier molecular flexibility index (Phi) is 6.13. The number of amides is 1. The number of primary amides is 1. The smallest absolute Gasteiger partial charge is 0.315 e. The second-order valence-corrected chi connectivity index (χ2v) is 8.19. The molecule has 172 valence electrons. The van der Waals surface area contributed by atoms with Gasteiger partial charge >= 0.3 is 5.97 Å². The molecule has 0 radical (unpaired) electrons. The summed E-state index contributed by atoms with van der Waals surface area (Å²) >= 11 is 5.98. The summed E-state index contributed by atoms with van der Waals surface area (Å²) in [4.78, 5) is 38.2. The van der Waals surface area contributed by atoms with Gasteiger partial charge in [-0.15, -0.1) is 0 Å². The molecule has 4 rings (SSSR count). The number of hydrogen-bond donors (Lipinski definition) is 2. The third-order valence-corrected chi connectivity index (χ3v) is 6.08. The maximum absolute atomic E-state index is 13.5. The first-order valence-electron chi connectivity index (χ1n) is 10.3. The van der Waals surface area contributed by atoms with Gasteiger partial charge in [0.05, 0.1) is 12.6 Å². The van der Waals surface area contributed by atoms with Gasteiger partial charge in [0.2, 0.25) is 5.91 Å². The lowest BCUT2D eigenvalue weighted by Gasteiger charge is -2.17. The fourth-order valence-corrected chi connectivity index (χ4v) is 4.41. The number of carboxylic acids is 1. The number of ether oxygens (including phenoxy) is 1. The van der Waals surface area contributed by atoms with E-state index in [9.17, 15) is 19.5 Å². The fourth-order valence-electron chi connectivity index (χ4n) is 4.28. The number of carboxylic acid groups (broad SMARTS) is 1. The zero-order valence-corrected chi connectivity index (χ0v) is 19.2. The molecule has 0 aliphatic carbocycles. The molecule has 1 unspecified atom stereocenters. The highest BCUT2D eigenvalue weighted by Crippen LogP contribution is 2.39. The van der Waals surface area contributed by atoms with Crippen molar-refractivity contribution < 1.29 is 24.2 Å². The molecule has 1 atom stereocenters. The van der Waals surface area contributed by atoms with Crippen LogP contribution < -0.4 is 10.5 Å². The SMILES string of the molecule is COc1ccc2c(c1)c(C(C(=O)O)c1ccccc1C(N)=O)c(C)n2C(=O)c1ccc(Cl)cc1. The van der Waals surface area contributed by atoms with E-state index in [0.29, 0.717) is 38.5 Å². The van der Waals surface area contributed by atoms with Crippen LogP contribution in [0.25, 0.3) is 10.9 Å². The minimum atomic E-state index is -1.25. The van der Waals surface area contributed by atoms with Crippen LogP contribution in [0.2, 0.25) is 5.02 Å². The summed E-state index contributed by atoms with van der Waals surface area (Å²) in [6.45, 7) is 1.68. The normalized spacial score (nSPS) is 11.9. The topological polar surface area (TPSA) is 112 Å². The van der Waals surface area contributed by atoms with E-state index in [2.05, 4.69) is 0 Å². The van der Waals surface area contributed by atoms with E-state index in [1.807, 2.05) is 0 Å². The summed E-state index contributed by atoms with van der Waals surface area (Å²) < 4.78 is 6.83. The molecule has 3 N–H and O–H groups in total. The number of fused-ring (bicyclic) bond motifs is 1. The monoisotopic (exact) mass is 476 g/mol. The van der Waals surface area contributed by atoms with E-state index < -0.39 is 17.8 Å². The van der Waals surface area contributed by atoms with Crippen molar-refractivity contribution in [1.29, 1.82) is 0 Å². The van der Waals surface area contributed by atoms with Crippen LogP contribution in [0.15, 0.2) is 66.7 Å². The molecule has 1 aromatic heterocycles. The number of nitrogens with zero attached hydrogens (tertiary/aromatic N) is 1. The largest absolute Gasteiger partial charge is 0.497 e. The molecule has 1 heterocycles. The number of aliphatic carboxylic acids is 1. The van der Waals surface area contributed by atoms with Crippen LogP contribution in [0.4, 0.5) is 0 Å². The van der Waals surface area contributed by atoms with Crippen LogP contribution in [-0.4, -0.2) is 34.6 Å². The molecule has 34 heavy (non-hydrogen) atoms. The minimum absolute atomic E-state index is 0.0992. The van der Waals surface area contributed by atoms with Gasteiger partial charge in [-0.05, 0) is 66.6 Å². The molecule has 0 saturated heterocycles. The fraction of sp³-hybridized carbons (Fsp3) is 0.115. The second kappa shape index (κ2) is 9.03. The van der Waals surface area contributed by atoms with Crippen molar-refractivity contribution >= 4 is 40.3 Å². The number of rotatable bonds is 6. The zero-order valence-electron chi connectivity index (χ0n) is 18.4. The third-order valence-electron chi connectivity index (χ3n) is 5.83. The van der Waals surface area contributed by atoms with E-state index in [1.165, 1.54) is 17.7 Å². The van der Waals surface area contributed by atoms with E-state index in [4.69, 9.17) is 22.1 Å². The molecule has 8 heteroatoms. The number of hydrogen-bond acceptors (Lipinski definition) is 4. The first-order chi connectivity index (χ1) is 16.2. The number of benzene rings is 3. The molecule has 0 spiro atoms. The lowest BCUT2D eigenvalue weighted by molar-refractivity contribution is -0.137. The van der Waals surface area contributed by atoms with E-state index >= 15 is 0 Å². The van der Waals surface area contributed by atoms with Crippen molar-refractivity contribution in [3.05, 3.63) is 99.7 Å².